The number of likely N-dealkylation sites (tertiary alicyclic amines) is 1. The molecule has 36 heavy (non-hydrogen) atoms. The minimum Gasteiger partial charge on any atom is -0.459 e. The number of hydrogen-bond acceptors (Lipinski definition) is 9. The Balaban J connectivity index is 1.61. The summed E-state index contributed by atoms with van der Waals surface area (Å²) in [6.45, 7) is 7.72. The molecule has 202 valence electrons. The number of aliphatic hydroxyl groups is 1. The summed E-state index contributed by atoms with van der Waals surface area (Å²) in [6.07, 6.45) is 1.69. The highest BCUT2D eigenvalue weighted by molar-refractivity contribution is 5.67. The second kappa shape index (κ2) is 7.23. The number of ether oxygens (including phenoxy) is 6. The van der Waals surface area contributed by atoms with E-state index in [1.165, 1.54) is 6.92 Å². The molecule has 5 saturated carbocycles. The van der Waals surface area contributed by atoms with Gasteiger partial charge in [-0.15, -0.1) is 0 Å². The molecule has 7 aliphatic rings. The molecule has 7 fully saturated rings. The van der Waals surface area contributed by atoms with Crippen molar-refractivity contribution in [3.05, 3.63) is 0 Å². The Morgan fingerprint density at radius 2 is 1.89 bits per heavy atom. The molecule has 2 heterocycles. The van der Waals surface area contributed by atoms with Crippen LogP contribution in [0.25, 0.3) is 0 Å². The van der Waals surface area contributed by atoms with E-state index in [0.717, 1.165) is 25.9 Å². The van der Waals surface area contributed by atoms with E-state index in [1.807, 2.05) is 0 Å². The molecular formula is C27H41NO8. The smallest absolute Gasteiger partial charge is 0.303 e. The quantitative estimate of drug-likeness (QED) is 0.553. The van der Waals surface area contributed by atoms with Gasteiger partial charge in [0.05, 0.1) is 35.4 Å². The van der Waals surface area contributed by atoms with Crippen LogP contribution >= 0.6 is 0 Å². The average Bonchev–Trinajstić information content (AvgIpc) is 3.40. The van der Waals surface area contributed by atoms with Gasteiger partial charge < -0.3 is 33.5 Å². The summed E-state index contributed by atoms with van der Waals surface area (Å²) in [5, 5.41) is 13.4. The minimum atomic E-state index is -1.16. The van der Waals surface area contributed by atoms with Crippen molar-refractivity contribution in [2.75, 3.05) is 41.2 Å². The van der Waals surface area contributed by atoms with Gasteiger partial charge in [0, 0.05) is 59.0 Å². The van der Waals surface area contributed by atoms with Crippen molar-refractivity contribution in [2.45, 2.75) is 93.7 Å². The third-order valence-electron chi connectivity index (χ3n) is 12.2. The number of esters is 1. The third kappa shape index (κ3) is 2.16. The van der Waals surface area contributed by atoms with Gasteiger partial charge in [-0.05, 0) is 31.2 Å². The molecular weight excluding hydrogens is 466 g/mol. The number of methoxy groups -OCH3 is 3. The summed E-state index contributed by atoms with van der Waals surface area (Å²) in [6, 6.07) is -0.224. The average molecular weight is 508 g/mol. The molecule has 1 N–H and O–H groups in total. The van der Waals surface area contributed by atoms with E-state index in [2.05, 4.69) is 18.7 Å². The van der Waals surface area contributed by atoms with E-state index in [9.17, 15) is 9.90 Å². The summed E-state index contributed by atoms with van der Waals surface area (Å²) in [4.78, 5) is 15.3. The van der Waals surface area contributed by atoms with E-state index in [4.69, 9.17) is 28.4 Å². The lowest BCUT2D eigenvalue weighted by molar-refractivity contribution is -0.332. The molecule has 13 atom stereocenters. The molecule has 7 bridgehead atoms. The molecule has 9 heteroatoms. The van der Waals surface area contributed by atoms with Crippen molar-refractivity contribution in [3.8, 4) is 0 Å². The lowest BCUT2D eigenvalue weighted by Crippen LogP contribution is -2.85. The fraction of sp³-hybridized carbons (Fsp3) is 0.963. The molecule has 7 rings (SSSR count). The number of hydrogen-bond donors (Lipinski definition) is 1. The van der Waals surface area contributed by atoms with Crippen molar-refractivity contribution in [2.24, 2.45) is 28.6 Å². The van der Waals surface area contributed by atoms with E-state index >= 15 is 0 Å². The fourth-order valence-corrected chi connectivity index (χ4v) is 11.7. The van der Waals surface area contributed by atoms with Crippen LogP contribution in [0.1, 0.15) is 46.5 Å². The van der Waals surface area contributed by atoms with Gasteiger partial charge in [-0.25, -0.2) is 0 Å². The number of likely N-dealkylation sites (N-methyl/N-ethyl adjacent to an activating group) is 1. The van der Waals surface area contributed by atoms with E-state index in [0.29, 0.717) is 12.8 Å². The molecule has 0 radical (unpaired) electrons. The third-order valence-corrected chi connectivity index (χ3v) is 12.2. The highest BCUT2D eigenvalue weighted by Crippen LogP contribution is 2.83. The zero-order valence-corrected chi connectivity index (χ0v) is 22.3. The van der Waals surface area contributed by atoms with Crippen molar-refractivity contribution >= 4 is 5.97 Å². The SMILES string of the molecule is CCN1C[C@]2(C)CC[C@H](OC)[C@@]34C1[C@]1(OCO[C@@]15C[C@H](OC)[C@H]1C[C@]3(O)[C@@H]5C1OC)[C@@H](OC(C)=O)[C@H]24. The first kappa shape index (κ1) is 24.2. The molecule has 0 aromatic rings. The van der Waals surface area contributed by atoms with Crippen LogP contribution < -0.4 is 0 Å². The Labute approximate surface area is 213 Å². The van der Waals surface area contributed by atoms with Crippen LogP contribution in [-0.2, 0) is 33.2 Å². The lowest BCUT2D eigenvalue weighted by Gasteiger charge is -2.71. The van der Waals surface area contributed by atoms with Gasteiger partial charge in [0.25, 0.3) is 0 Å². The standard InChI is InChI=1S/C27H41NO8/c1-7-28-12-23(3)9-8-17(32-5)26-20(23)21(36-14(2)29)27(22(26)28)25(34-13-35-27)11-16(31-4)15-10-24(26,30)19(25)18(15)33-6/h15-22,30H,7-13H2,1-6H3/t15-,16+,17+,18?,19+,20-,21+,22?,23+,24+,25-,26-,27-/m1/s1. The second-order valence-corrected chi connectivity index (χ2v) is 12.9. The maximum atomic E-state index is 13.4. The van der Waals surface area contributed by atoms with Crippen LogP contribution in [0.15, 0.2) is 0 Å². The Bertz CT molecular complexity index is 979. The van der Waals surface area contributed by atoms with Gasteiger partial charge in [0.15, 0.2) is 5.60 Å². The zero-order valence-electron chi connectivity index (χ0n) is 22.3. The maximum Gasteiger partial charge on any atom is 0.303 e. The minimum absolute atomic E-state index is 0.0317. The Kier molecular flexibility index (Phi) is 4.87. The summed E-state index contributed by atoms with van der Waals surface area (Å²) in [5.41, 5.74) is -3.94. The van der Waals surface area contributed by atoms with Gasteiger partial charge in [-0.2, -0.15) is 0 Å². The lowest BCUT2D eigenvalue weighted by atomic mass is 9.41. The normalized spacial score (nSPS) is 60.2. The van der Waals surface area contributed by atoms with Crippen molar-refractivity contribution in [3.63, 3.8) is 0 Å². The van der Waals surface area contributed by atoms with E-state index < -0.39 is 28.3 Å². The first-order chi connectivity index (χ1) is 17.2. The maximum absolute atomic E-state index is 13.4. The van der Waals surface area contributed by atoms with Crippen LogP contribution in [0.3, 0.4) is 0 Å². The van der Waals surface area contributed by atoms with Crippen molar-refractivity contribution < 1.29 is 38.3 Å². The Morgan fingerprint density at radius 3 is 2.53 bits per heavy atom. The molecule has 2 aliphatic heterocycles. The number of nitrogens with zero attached hydrogens (tertiary/aromatic N) is 1. The first-order valence-electron chi connectivity index (χ1n) is 13.7. The van der Waals surface area contributed by atoms with E-state index in [-0.39, 0.29) is 60.3 Å². The molecule has 5 aliphatic carbocycles. The summed E-state index contributed by atoms with van der Waals surface area (Å²) >= 11 is 0. The number of carbonyl (C=O) groups excluding carboxylic acids is 1. The van der Waals surface area contributed by atoms with Crippen LogP contribution in [0.4, 0.5) is 0 Å². The number of fused-ring (bicyclic) bond motifs is 1. The predicted octanol–water partition coefficient (Wildman–Crippen LogP) is 1.35. The molecule has 0 aromatic carbocycles. The topological polar surface area (TPSA) is 95.9 Å². The second-order valence-electron chi connectivity index (χ2n) is 12.9. The van der Waals surface area contributed by atoms with Gasteiger partial charge in [-0.1, -0.05) is 13.8 Å². The van der Waals surface area contributed by atoms with Gasteiger partial charge in [-0.3, -0.25) is 9.69 Å². The molecule has 2 saturated heterocycles. The Hall–Kier alpha value is -0.810. The molecule has 0 amide bonds. The fourth-order valence-electron chi connectivity index (χ4n) is 11.7. The predicted molar refractivity (Wildman–Crippen MR) is 126 cm³/mol. The molecule has 0 aromatic heterocycles. The highest BCUT2D eigenvalue weighted by atomic mass is 16.7. The summed E-state index contributed by atoms with van der Waals surface area (Å²) < 4.78 is 38.7. The van der Waals surface area contributed by atoms with Gasteiger partial charge >= 0.3 is 5.97 Å². The van der Waals surface area contributed by atoms with Crippen LogP contribution in [-0.4, -0.2) is 104 Å². The monoisotopic (exact) mass is 507 g/mol. The number of piperidine rings is 1. The number of carbonyl (C=O) groups is 1. The Morgan fingerprint density at radius 1 is 1.11 bits per heavy atom. The molecule has 2 unspecified atom stereocenters. The molecule has 3 spiro atoms. The van der Waals surface area contributed by atoms with Crippen molar-refractivity contribution in [1.29, 1.82) is 0 Å². The van der Waals surface area contributed by atoms with Crippen LogP contribution in [0.2, 0.25) is 0 Å². The summed E-state index contributed by atoms with van der Waals surface area (Å²) in [7, 11) is 5.23. The van der Waals surface area contributed by atoms with Crippen LogP contribution in [0, 0.1) is 28.6 Å². The zero-order chi connectivity index (χ0) is 25.5. The van der Waals surface area contributed by atoms with E-state index in [1.54, 1.807) is 21.3 Å². The summed E-state index contributed by atoms with van der Waals surface area (Å²) in [5.74, 6) is -0.771. The van der Waals surface area contributed by atoms with Gasteiger partial charge in [0.1, 0.15) is 18.5 Å². The van der Waals surface area contributed by atoms with Crippen molar-refractivity contribution in [1.82, 2.24) is 4.90 Å². The van der Waals surface area contributed by atoms with Crippen LogP contribution in [0.5, 0.6) is 0 Å². The highest BCUT2D eigenvalue weighted by Gasteiger charge is 2.97. The molecule has 9 nitrogen and oxygen atoms in total. The first-order valence-corrected chi connectivity index (χ1v) is 13.7. The number of rotatable bonds is 5. The van der Waals surface area contributed by atoms with Gasteiger partial charge in [0.2, 0.25) is 0 Å². The largest absolute Gasteiger partial charge is 0.459 e.